The molecule has 0 aromatic carbocycles. The van der Waals surface area contributed by atoms with Crippen molar-refractivity contribution >= 4 is 0 Å². The van der Waals surface area contributed by atoms with Gasteiger partial charge >= 0.3 is 0 Å². The summed E-state index contributed by atoms with van der Waals surface area (Å²) in [4.78, 5) is 8.12. The topological polar surface area (TPSA) is 44.2 Å². The molecule has 0 saturated heterocycles. The Hall–Kier alpha value is -1.76. The highest BCUT2D eigenvalue weighted by atomic mass is 16.5. The lowest BCUT2D eigenvalue weighted by molar-refractivity contribution is 0.0940. The van der Waals surface area contributed by atoms with Gasteiger partial charge in [0.25, 0.3) is 0 Å². The number of aromatic nitrogens is 2. The van der Waals surface area contributed by atoms with Gasteiger partial charge in [0.15, 0.2) is 6.61 Å². The normalized spacial score (nSPS) is 16.1. The van der Waals surface area contributed by atoms with Gasteiger partial charge in [0.05, 0.1) is 6.07 Å². The lowest BCUT2D eigenvalue weighted by Gasteiger charge is -2.31. The lowest BCUT2D eigenvalue weighted by Crippen LogP contribution is -2.29. The van der Waals surface area contributed by atoms with E-state index in [0.29, 0.717) is 24.3 Å². The van der Waals surface area contributed by atoms with Gasteiger partial charge < -0.3 is 9.47 Å². The van der Waals surface area contributed by atoms with Crippen LogP contribution in [0.15, 0.2) is 12.4 Å². The van der Waals surface area contributed by atoms with Crippen LogP contribution in [0, 0.1) is 17.8 Å². The van der Waals surface area contributed by atoms with Crippen LogP contribution in [0.4, 0.5) is 0 Å². The molecule has 0 N–H and O–H groups in total. The molecular weight excluding hydrogens is 228 g/mol. The van der Waals surface area contributed by atoms with Crippen LogP contribution in [0.3, 0.4) is 0 Å². The number of nitrogens with zero attached hydrogens (tertiary/aromatic N) is 2. The van der Waals surface area contributed by atoms with Crippen LogP contribution in [0.5, 0.6) is 11.8 Å². The van der Waals surface area contributed by atoms with E-state index in [1.54, 1.807) is 13.0 Å². The van der Waals surface area contributed by atoms with Gasteiger partial charge in [-0.15, -0.1) is 5.92 Å². The van der Waals surface area contributed by atoms with Gasteiger partial charge in [-0.25, -0.2) is 9.97 Å². The van der Waals surface area contributed by atoms with E-state index < -0.39 is 0 Å². The zero-order valence-corrected chi connectivity index (χ0v) is 10.8. The minimum atomic E-state index is 0.205. The van der Waals surface area contributed by atoms with E-state index >= 15 is 0 Å². The molecule has 0 aliphatic heterocycles. The van der Waals surface area contributed by atoms with Crippen LogP contribution < -0.4 is 9.47 Å². The molecule has 1 heterocycles. The Morgan fingerprint density at radius 1 is 1.39 bits per heavy atom. The molecule has 4 heteroatoms. The van der Waals surface area contributed by atoms with Gasteiger partial charge in [0.1, 0.15) is 12.4 Å². The zero-order chi connectivity index (χ0) is 12.8. The first kappa shape index (κ1) is 12.7. The van der Waals surface area contributed by atoms with Crippen LogP contribution in [0.2, 0.25) is 0 Å². The maximum atomic E-state index is 5.80. The second kappa shape index (κ2) is 6.25. The molecule has 0 amide bonds. The first-order chi connectivity index (χ1) is 8.79. The molecule has 1 saturated carbocycles. The summed E-state index contributed by atoms with van der Waals surface area (Å²) in [5.74, 6) is 7.32. The van der Waals surface area contributed by atoms with Crippen molar-refractivity contribution in [1.29, 1.82) is 0 Å². The molecule has 0 bridgehead atoms. The minimum absolute atomic E-state index is 0.205. The van der Waals surface area contributed by atoms with E-state index in [4.69, 9.17) is 9.47 Å². The predicted octanol–water partition coefficient (Wildman–Crippen LogP) is 2.45. The molecule has 0 spiro atoms. The molecule has 1 aromatic rings. The molecule has 0 radical (unpaired) electrons. The van der Waals surface area contributed by atoms with Crippen molar-refractivity contribution in [2.24, 2.45) is 5.92 Å². The Morgan fingerprint density at radius 3 is 2.83 bits per heavy atom. The first-order valence-corrected chi connectivity index (χ1v) is 6.30. The Labute approximate surface area is 108 Å². The monoisotopic (exact) mass is 246 g/mol. The van der Waals surface area contributed by atoms with E-state index in [2.05, 4.69) is 28.7 Å². The average molecular weight is 246 g/mol. The van der Waals surface area contributed by atoms with Gasteiger partial charge in [-0.1, -0.05) is 12.3 Å². The van der Waals surface area contributed by atoms with Gasteiger partial charge in [0.2, 0.25) is 11.8 Å². The standard InChI is InChI=1S/C14H18N2O2/c1-3-4-8-17-13-9-14(16-10-15-13)18-11(2)12-6-5-7-12/h9-12H,5-8H2,1-2H3. The highest BCUT2D eigenvalue weighted by molar-refractivity contribution is 5.19. The fraction of sp³-hybridized carbons (Fsp3) is 0.571. The van der Waals surface area contributed by atoms with Crippen molar-refractivity contribution in [3.8, 4) is 23.6 Å². The highest BCUT2D eigenvalue weighted by Gasteiger charge is 2.25. The van der Waals surface area contributed by atoms with Crippen LogP contribution in [0.25, 0.3) is 0 Å². The molecule has 1 aliphatic carbocycles. The predicted molar refractivity (Wildman–Crippen MR) is 68.4 cm³/mol. The third kappa shape index (κ3) is 3.36. The van der Waals surface area contributed by atoms with Gasteiger partial charge in [-0.05, 0) is 32.6 Å². The quantitative estimate of drug-likeness (QED) is 0.748. The van der Waals surface area contributed by atoms with Crippen molar-refractivity contribution in [3.63, 3.8) is 0 Å². The summed E-state index contributed by atoms with van der Waals surface area (Å²) in [6.45, 7) is 4.21. The number of ether oxygens (including phenoxy) is 2. The third-order valence-electron chi connectivity index (χ3n) is 3.21. The van der Waals surface area contributed by atoms with Gasteiger partial charge in [-0.2, -0.15) is 0 Å². The molecule has 1 atom stereocenters. The highest BCUT2D eigenvalue weighted by Crippen LogP contribution is 2.31. The van der Waals surface area contributed by atoms with Crippen molar-refractivity contribution in [1.82, 2.24) is 9.97 Å². The third-order valence-corrected chi connectivity index (χ3v) is 3.21. The molecule has 18 heavy (non-hydrogen) atoms. The molecule has 1 unspecified atom stereocenters. The number of hydrogen-bond acceptors (Lipinski definition) is 4. The fourth-order valence-corrected chi connectivity index (χ4v) is 1.84. The van der Waals surface area contributed by atoms with Crippen LogP contribution >= 0.6 is 0 Å². The number of rotatable bonds is 5. The minimum Gasteiger partial charge on any atom is -0.474 e. The summed E-state index contributed by atoms with van der Waals surface area (Å²) in [6.07, 6.45) is 5.48. The average Bonchev–Trinajstić information content (AvgIpc) is 2.27. The summed E-state index contributed by atoms with van der Waals surface area (Å²) < 4.78 is 11.2. The summed E-state index contributed by atoms with van der Waals surface area (Å²) in [7, 11) is 0. The smallest absolute Gasteiger partial charge is 0.221 e. The van der Waals surface area contributed by atoms with Crippen LogP contribution in [-0.4, -0.2) is 22.7 Å². The molecule has 1 aliphatic rings. The fourth-order valence-electron chi connectivity index (χ4n) is 1.84. The molecule has 2 rings (SSSR count). The summed E-state index contributed by atoms with van der Waals surface area (Å²) in [6, 6.07) is 1.71. The van der Waals surface area contributed by atoms with E-state index in [0.717, 1.165) is 0 Å². The Kier molecular flexibility index (Phi) is 4.40. The molecule has 96 valence electrons. The van der Waals surface area contributed by atoms with Crippen molar-refractivity contribution in [3.05, 3.63) is 12.4 Å². The largest absolute Gasteiger partial charge is 0.474 e. The maximum absolute atomic E-state index is 5.80. The maximum Gasteiger partial charge on any atom is 0.221 e. The molecular formula is C14H18N2O2. The summed E-state index contributed by atoms with van der Waals surface area (Å²) >= 11 is 0. The van der Waals surface area contributed by atoms with Crippen molar-refractivity contribution in [2.75, 3.05) is 6.61 Å². The Morgan fingerprint density at radius 2 is 2.17 bits per heavy atom. The first-order valence-electron chi connectivity index (χ1n) is 6.30. The zero-order valence-electron chi connectivity index (χ0n) is 10.8. The molecule has 4 nitrogen and oxygen atoms in total. The van der Waals surface area contributed by atoms with Crippen molar-refractivity contribution < 1.29 is 9.47 Å². The Balaban J connectivity index is 1.90. The second-order valence-corrected chi connectivity index (χ2v) is 4.42. The van der Waals surface area contributed by atoms with E-state index in [1.165, 1.54) is 25.6 Å². The van der Waals surface area contributed by atoms with E-state index in [-0.39, 0.29) is 6.10 Å². The second-order valence-electron chi connectivity index (χ2n) is 4.42. The molecule has 1 fully saturated rings. The van der Waals surface area contributed by atoms with Crippen LogP contribution in [0.1, 0.15) is 33.1 Å². The SMILES string of the molecule is CC#CCOc1cc(OC(C)C2CCC2)ncn1. The number of hydrogen-bond donors (Lipinski definition) is 0. The van der Waals surface area contributed by atoms with Crippen LogP contribution in [-0.2, 0) is 0 Å². The van der Waals surface area contributed by atoms with E-state index in [1.807, 2.05) is 0 Å². The molecule has 1 aromatic heterocycles. The Bertz CT molecular complexity index is 447. The van der Waals surface area contributed by atoms with Crippen molar-refractivity contribution in [2.45, 2.75) is 39.2 Å². The van der Waals surface area contributed by atoms with Gasteiger partial charge in [-0.3, -0.25) is 0 Å². The lowest BCUT2D eigenvalue weighted by atomic mass is 9.82. The summed E-state index contributed by atoms with van der Waals surface area (Å²) in [5, 5.41) is 0. The van der Waals surface area contributed by atoms with E-state index in [9.17, 15) is 0 Å². The summed E-state index contributed by atoms with van der Waals surface area (Å²) in [5.41, 5.74) is 0. The van der Waals surface area contributed by atoms with Gasteiger partial charge in [0, 0.05) is 0 Å².